The van der Waals surface area contributed by atoms with Gasteiger partial charge in [0.2, 0.25) is 0 Å². The van der Waals surface area contributed by atoms with Crippen LogP contribution in [0.5, 0.6) is 0 Å². The van der Waals surface area contributed by atoms with E-state index in [0.717, 1.165) is 12.1 Å². The molecule has 1 heterocycles. The third-order valence-electron chi connectivity index (χ3n) is 2.85. The van der Waals surface area contributed by atoms with E-state index in [1.165, 1.54) is 6.07 Å². The van der Waals surface area contributed by atoms with E-state index in [9.17, 15) is 13.6 Å². The standard InChI is InChI=1S/C14H12BrClF2N2O/c1-7(2)20-6-9(16)5-12(20)14(21)19-13-10(17)3-8(15)4-11(13)18/h3-7H,1-2H3,(H,19,21). The van der Waals surface area contributed by atoms with Crippen molar-refractivity contribution in [3.8, 4) is 0 Å². The zero-order valence-electron chi connectivity index (χ0n) is 11.3. The van der Waals surface area contributed by atoms with Gasteiger partial charge in [0.1, 0.15) is 11.4 Å². The molecule has 2 aromatic rings. The fraction of sp³-hybridized carbons (Fsp3) is 0.214. The Kier molecular flexibility index (Phi) is 4.68. The quantitative estimate of drug-likeness (QED) is 0.801. The molecule has 1 aromatic heterocycles. The van der Waals surface area contributed by atoms with Crippen LogP contribution >= 0.6 is 27.5 Å². The molecule has 112 valence electrons. The minimum atomic E-state index is -0.857. The molecule has 0 saturated carbocycles. The van der Waals surface area contributed by atoms with Crippen LogP contribution in [-0.2, 0) is 0 Å². The molecule has 0 aliphatic rings. The van der Waals surface area contributed by atoms with Crippen molar-refractivity contribution in [3.63, 3.8) is 0 Å². The average molecular weight is 378 g/mol. The van der Waals surface area contributed by atoms with Crippen LogP contribution in [0.2, 0.25) is 5.02 Å². The zero-order chi connectivity index (χ0) is 15.7. The Bertz CT molecular complexity index is 677. The number of nitrogens with zero attached hydrogens (tertiary/aromatic N) is 1. The lowest BCUT2D eigenvalue weighted by atomic mass is 10.2. The number of nitrogens with one attached hydrogen (secondary N) is 1. The third-order valence-corrected chi connectivity index (χ3v) is 3.51. The predicted molar refractivity (Wildman–Crippen MR) is 81.8 cm³/mol. The summed E-state index contributed by atoms with van der Waals surface area (Å²) in [6.07, 6.45) is 1.59. The van der Waals surface area contributed by atoms with E-state index in [4.69, 9.17) is 11.6 Å². The summed E-state index contributed by atoms with van der Waals surface area (Å²) in [5, 5.41) is 2.62. The highest BCUT2D eigenvalue weighted by molar-refractivity contribution is 9.10. The number of aromatic nitrogens is 1. The van der Waals surface area contributed by atoms with E-state index >= 15 is 0 Å². The minimum absolute atomic E-state index is 0.0159. The van der Waals surface area contributed by atoms with Crippen LogP contribution in [0.25, 0.3) is 0 Å². The molecule has 2 rings (SSSR count). The molecule has 7 heteroatoms. The van der Waals surface area contributed by atoms with Crippen LogP contribution in [0.15, 0.2) is 28.9 Å². The summed E-state index contributed by atoms with van der Waals surface area (Å²) in [6.45, 7) is 3.74. The molecule has 0 atom stereocenters. The van der Waals surface area contributed by atoms with E-state index < -0.39 is 23.2 Å². The maximum Gasteiger partial charge on any atom is 0.272 e. The molecule has 21 heavy (non-hydrogen) atoms. The highest BCUT2D eigenvalue weighted by Crippen LogP contribution is 2.25. The normalized spacial score (nSPS) is 11.0. The largest absolute Gasteiger partial charge is 0.339 e. The number of amides is 1. The molecule has 0 fully saturated rings. The molecule has 0 aliphatic carbocycles. The van der Waals surface area contributed by atoms with Crippen molar-refractivity contribution < 1.29 is 13.6 Å². The number of carbonyl (C=O) groups is 1. The first kappa shape index (κ1) is 16.0. The van der Waals surface area contributed by atoms with Gasteiger partial charge in [0.25, 0.3) is 5.91 Å². The fourth-order valence-electron chi connectivity index (χ4n) is 1.89. The lowest BCUT2D eigenvalue weighted by Gasteiger charge is -2.13. The summed E-state index contributed by atoms with van der Waals surface area (Å²) in [6, 6.07) is 3.59. The Hall–Kier alpha value is -1.40. The van der Waals surface area contributed by atoms with Gasteiger partial charge in [-0.2, -0.15) is 0 Å². The maximum absolute atomic E-state index is 13.7. The molecule has 1 aromatic carbocycles. The van der Waals surface area contributed by atoms with E-state index in [2.05, 4.69) is 21.2 Å². The van der Waals surface area contributed by atoms with E-state index in [-0.39, 0.29) is 16.2 Å². The van der Waals surface area contributed by atoms with Crippen LogP contribution in [0.3, 0.4) is 0 Å². The summed E-state index contributed by atoms with van der Waals surface area (Å²) < 4.78 is 29.4. The predicted octanol–water partition coefficient (Wildman–Crippen LogP) is 5.02. The number of hydrogen-bond donors (Lipinski definition) is 1. The van der Waals surface area contributed by atoms with Crippen molar-refractivity contribution in [2.24, 2.45) is 0 Å². The van der Waals surface area contributed by atoms with Gasteiger partial charge in [-0.3, -0.25) is 4.79 Å². The van der Waals surface area contributed by atoms with E-state index in [1.807, 2.05) is 13.8 Å². The van der Waals surface area contributed by atoms with Gasteiger partial charge in [-0.05, 0) is 32.0 Å². The molecule has 3 nitrogen and oxygen atoms in total. The number of rotatable bonds is 3. The van der Waals surface area contributed by atoms with Crippen molar-refractivity contribution in [3.05, 3.63) is 51.2 Å². The highest BCUT2D eigenvalue weighted by Gasteiger charge is 2.19. The highest BCUT2D eigenvalue weighted by atomic mass is 79.9. The number of benzene rings is 1. The lowest BCUT2D eigenvalue weighted by molar-refractivity contribution is 0.101. The molecule has 0 bridgehead atoms. The summed E-state index contributed by atoms with van der Waals surface area (Å²) in [4.78, 5) is 12.2. The van der Waals surface area contributed by atoms with E-state index in [1.54, 1.807) is 10.8 Å². The Morgan fingerprint density at radius 2 is 1.86 bits per heavy atom. The second-order valence-electron chi connectivity index (χ2n) is 4.74. The van der Waals surface area contributed by atoms with E-state index in [0.29, 0.717) is 5.02 Å². The Balaban J connectivity index is 2.35. The van der Waals surface area contributed by atoms with Crippen molar-refractivity contribution in [2.75, 3.05) is 5.32 Å². The first-order valence-corrected chi connectivity index (χ1v) is 7.30. The van der Waals surface area contributed by atoms with Crippen LogP contribution in [0, 0.1) is 11.6 Å². The minimum Gasteiger partial charge on any atom is -0.339 e. The number of hydrogen-bond acceptors (Lipinski definition) is 1. The second kappa shape index (κ2) is 6.15. The SMILES string of the molecule is CC(C)n1cc(Cl)cc1C(=O)Nc1c(F)cc(Br)cc1F. The number of anilines is 1. The Morgan fingerprint density at radius 1 is 1.29 bits per heavy atom. The fourth-order valence-corrected chi connectivity index (χ4v) is 2.50. The molecule has 0 saturated heterocycles. The van der Waals surface area contributed by atoms with Gasteiger partial charge in [0, 0.05) is 16.7 Å². The monoisotopic (exact) mass is 376 g/mol. The third kappa shape index (κ3) is 3.44. The first-order valence-electron chi connectivity index (χ1n) is 6.13. The van der Waals surface area contributed by atoms with Gasteiger partial charge < -0.3 is 9.88 Å². The number of carbonyl (C=O) groups excluding carboxylic acids is 1. The molecular formula is C14H12BrClF2N2O. The summed E-state index contributed by atoms with van der Waals surface area (Å²) in [7, 11) is 0. The summed E-state index contributed by atoms with van der Waals surface area (Å²) in [5.74, 6) is -2.34. The van der Waals surface area contributed by atoms with Gasteiger partial charge in [0.15, 0.2) is 11.6 Å². The first-order chi connectivity index (χ1) is 9.79. The Morgan fingerprint density at radius 3 is 2.38 bits per heavy atom. The maximum atomic E-state index is 13.7. The van der Waals surface area contributed by atoms with Crippen molar-refractivity contribution in [1.29, 1.82) is 0 Å². The summed E-state index contributed by atoms with van der Waals surface area (Å²) >= 11 is 8.86. The molecular weight excluding hydrogens is 366 g/mol. The van der Waals surface area contributed by atoms with Crippen LogP contribution in [-0.4, -0.2) is 10.5 Å². The smallest absolute Gasteiger partial charge is 0.272 e. The van der Waals surface area contributed by atoms with Crippen LogP contribution in [0.1, 0.15) is 30.4 Å². The Labute approximate surface area is 134 Å². The van der Waals surface area contributed by atoms with Gasteiger partial charge in [-0.25, -0.2) is 8.78 Å². The van der Waals surface area contributed by atoms with Gasteiger partial charge in [0.05, 0.1) is 5.02 Å². The van der Waals surface area contributed by atoms with Gasteiger partial charge in [-0.15, -0.1) is 0 Å². The van der Waals surface area contributed by atoms with Crippen molar-refractivity contribution in [1.82, 2.24) is 4.57 Å². The molecule has 0 unspecified atom stereocenters. The number of halogens is 4. The second-order valence-corrected chi connectivity index (χ2v) is 6.10. The zero-order valence-corrected chi connectivity index (χ0v) is 13.6. The van der Waals surface area contributed by atoms with Crippen LogP contribution in [0.4, 0.5) is 14.5 Å². The molecule has 0 spiro atoms. The summed E-state index contributed by atoms with van der Waals surface area (Å²) in [5.41, 5.74) is -0.257. The average Bonchev–Trinajstić information content (AvgIpc) is 2.76. The molecule has 1 amide bonds. The van der Waals surface area contributed by atoms with Crippen LogP contribution < -0.4 is 5.32 Å². The lowest BCUT2D eigenvalue weighted by Crippen LogP contribution is -2.19. The van der Waals surface area contributed by atoms with Crippen molar-refractivity contribution >= 4 is 39.1 Å². The molecule has 1 N–H and O–H groups in total. The van der Waals surface area contributed by atoms with Gasteiger partial charge >= 0.3 is 0 Å². The molecule has 0 aliphatic heterocycles. The van der Waals surface area contributed by atoms with Gasteiger partial charge in [-0.1, -0.05) is 27.5 Å². The van der Waals surface area contributed by atoms with Crippen molar-refractivity contribution in [2.45, 2.75) is 19.9 Å². The molecule has 0 radical (unpaired) electrons. The topological polar surface area (TPSA) is 34.0 Å².